The van der Waals surface area contributed by atoms with Gasteiger partial charge in [-0.1, -0.05) is 6.92 Å². The molecule has 0 saturated carbocycles. The van der Waals surface area contributed by atoms with Crippen LogP contribution < -0.4 is 10.0 Å². The Morgan fingerprint density at radius 2 is 2.11 bits per heavy atom. The van der Waals surface area contributed by atoms with Gasteiger partial charge in [0.15, 0.2) is 0 Å². The zero-order chi connectivity index (χ0) is 14.3. The molecule has 0 aromatic carbocycles. The number of hydrogen-bond acceptors (Lipinski definition) is 4. The van der Waals surface area contributed by atoms with E-state index in [0.717, 1.165) is 24.5 Å². The number of aryl methyl sites for hydroxylation is 1. The molecule has 0 aliphatic rings. The van der Waals surface area contributed by atoms with Gasteiger partial charge in [-0.25, -0.2) is 13.1 Å². The quantitative estimate of drug-likeness (QED) is 0.674. The van der Waals surface area contributed by atoms with E-state index in [4.69, 9.17) is 0 Å². The summed E-state index contributed by atoms with van der Waals surface area (Å²) in [6.45, 7) is 6.81. The Kier molecular flexibility index (Phi) is 6.92. The second-order valence-corrected chi connectivity index (χ2v) is 6.88. The molecule has 0 aliphatic carbocycles. The van der Waals surface area contributed by atoms with Crippen LogP contribution in [0.1, 0.15) is 19.5 Å². The van der Waals surface area contributed by atoms with Crippen LogP contribution in [0, 0.1) is 0 Å². The number of nitrogens with one attached hydrogen (secondary N) is 2. The Morgan fingerprint density at radius 1 is 1.37 bits per heavy atom. The molecule has 5 nitrogen and oxygen atoms in total. The lowest BCUT2D eigenvalue weighted by Crippen LogP contribution is -2.25. The van der Waals surface area contributed by atoms with E-state index < -0.39 is 10.0 Å². The summed E-state index contributed by atoms with van der Waals surface area (Å²) in [6, 6.07) is 1.74. The van der Waals surface area contributed by atoms with Gasteiger partial charge in [0.05, 0.1) is 4.90 Å². The van der Waals surface area contributed by atoms with Gasteiger partial charge in [-0.2, -0.15) is 11.8 Å². The minimum absolute atomic E-state index is 0.350. The highest BCUT2D eigenvalue weighted by Gasteiger charge is 2.17. The van der Waals surface area contributed by atoms with Crippen molar-refractivity contribution in [2.45, 2.75) is 31.8 Å². The number of hydrogen-bond donors (Lipinski definition) is 2. The molecule has 1 aromatic rings. The van der Waals surface area contributed by atoms with Crippen LogP contribution in [-0.4, -0.2) is 38.1 Å². The van der Waals surface area contributed by atoms with Gasteiger partial charge in [-0.3, -0.25) is 0 Å². The Hall–Kier alpha value is -0.500. The summed E-state index contributed by atoms with van der Waals surface area (Å²) in [4.78, 5) is 0.350. The molecule has 1 rings (SSSR count). The van der Waals surface area contributed by atoms with Gasteiger partial charge >= 0.3 is 0 Å². The summed E-state index contributed by atoms with van der Waals surface area (Å²) in [6.07, 6.45) is 3.66. The SMILES string of the molecule is CCNCc1cc(S(=O)(=O)NCCSC)cn1CC. The lowest BCUT2D eigenvalue weighted by molar-refractivity contribution is 0.583. The lowest BCUT2D eigenvalue weighted by Gasteiger charge is -2.05. The predicted molar refractivity (Wildman–Crippen MR) is 81.1 cm³/mol. The van der Waals surface area contributed by atoms with Crippen molar-refractivity contribution in [2.75, 3.05) is 25.1 Å². The van der Waals surface area contributed by atoms with Crippen molar-refractivity contribution in [1.82, 2.24) is 14.6 Å². The number of rotatable bonds is 9. The summed E-state index contributed by atoms with van der Waals surface area (Å²) in [5.41, 5.74) is 0.995. The zero-order valence-electron chi connectivity index (χ0n) is 11.8. The summed E-state index contributed by atoms with van der Waals surface area (Å²) in [7, 11) is -3.38. The van der Waals surface area contributed by atoms with Crippen LogP contribution in [-0.2, 0) is 23.1 Å². The van der Waals surface area contributed by atoms with E-state index in [0.29, 0.717) is 18.0 Å². The van der Waals surface area contributed by atoms with Gasteiger partial charge in [0.1, 0.15) is 0 Å². The maximum absolute atomic E-state index is 12.1. The third kappa shape index (κ3) is 4.83. The van der Waals surface area contributed by atoms with Gasteiger partial charge < -0.3 is 9.88 Å². The Balaban J connectivity index is 2.85. The zero-order valence-corrected chi connectivity index (χ0v) is 13.4. The van der Waals surface area contributed by atoms with Crippen LogP contribution in [0.15, 0.2) is 17.2 Å². The molecule has 0 radical (unpaired) electrons. The molecule has 0 aliphatic heterocycles. The average Bonchev–Trinajstić information content (AvgIpc) is 2.80. The first-order valence-corrected chi connectivity index (χ1v) is 9.31. The Bertz CT molecular complexity index is 483. The van der Waals surface area contributed by atoms with Crippen LogP contribution in [0.5, 0.6) is 0 Å². The maximum atomic E-state index is 12.1. The highest BCUT2D eigenvalue weighted by atomic mass is 32.2. The molecule has 1 heterocycles. The smallest absolute Gasteiger partial charge is 0.242 e. The Morgan fingerprint density at radius 3 is 2.68 bits per heavy atom. The first-order chi connectivity index (χ1) is 9.05. The molecule has 0 unspecified atom stereocenters. The molecular formula is C12H23N3O2S2. The normalized spacial score (nSPS) is 11.9. The molecule has 7 heteroatoms. The van der Waals surface area contributed by atoms with E-state index in [1.165, 1.54) is 0 Å². The van der Waals surface area contributed by atoms with Gasteiger partial charge in [0, 0.05) is 37.3 Å². The molecule has 0 fully saturated rings. The van der Waals surface area contributed by atoms with E-state index >= 15 is 0 Å². The molecule has 0 bridgehead atoms. The summed E-state index contributed by atoms with van der Waals surface area (Å²) in [5.74, 6) is 0.776. The van der Waals surface area contributed by atoms with Gasteiger partial charge in [-0.15, -0.1) is 0 Å². The molecule has 0 spiro atoms. The molecule has 0 amide bonds. The minimum Gasteiger partial charge on any atom is -0.349 e. The van der Waals surface area contributed by atoms with Crippen molar-refractivity contribution in [1.29, 1.82) is 0 Å². The second kappa shape index (κ2) is 7.94. The predicted octanol–water partition coefficient (Wildman–Crippen LogP) is 1.26. The fraction of sp³-hybridized carbons (Fsp3) is 0.667. The molecule has 0 saturated heterocycles. The third-order valence-corrected chi connectivity index (χ3v) is 4.81. The molecule has 19 heavy (non-hydrogen) atoms. The topological polar surface area (TPSA) is 63.1 Å². The Labute approximate surface area is 120 Å². The number of aromatic nitrogens is 1. The van der Waals surface area contributed by atoms with Crippen molar-refractivity contribution in [3.05, 3.63) is 18.0 Å². The third-order valence-electron chi connectivity index (χ3n) is 2.77. The van der Waals surface area contributed by atoms with Gasteiger partial charge in [-0.05, 0) is 25.8 Å². The molecule has 2 N–H and O–H groups in total. The summed E-state index contributed by atoms with van der Waals surface area (Å²) in [5, 5.41) is 3.22. The largest absolute Gasteiger partial charge is 0.349 e. The van der Waals surface area contributed by atoms with Crippen LogP contribution in [0.2, 0.25) is 0 Å². The molecule has 0 atom stereocenters. The fourth-order valence-electron chi connectivity index (χ4n) is 1.73. The van der Waals surface area contributed by atoms with E-state index in [-0.39, 0.29) is 0 Å². The number of thioether (sulfide) groups is 1. The molecule has 110 valence electrons. The van der Waals surface area contributed by atoms with E-state index in [2.05, 4.69) is 10.0 Å². The standard InChI is InChI=1S/C12H23N3O2S2/c1-4-13-9-11-8-12(10-15(11)5-2)19(16,17)14-6-7-18-3/h8,10,13-14H,4-7,9H2,1-3H3. The van der Waals surface area contributed by atoms with Gasteiger partial charge in [0.25, 0.3) is 0 Å². The van der Waals surface area contributed by atoms with Crippen LogP contribution in [0.4, 0.5) is 0 Å². The number of sulfonamides is 1. The first-order valence-electron chi connectivity index (χ1n) is 6.43. The second-order valence-electron chi connectivity index (χ2n) is 4.12. The van der Waals surface area contributed by atoms with E-state index in [1.54, 1.807) is 24.0 Å². The van der Waals surface area contributed by atoms with Crippen molar-refractivity contribution >= 4 is 21.8 Å². The first kappa shape index (κ1) is 16.6. The van der Waals surface area contributed by atoms with E-state index in [9.17, 15) is 8.42 Å². The van der Waals surface area contributed by atoms with Gasteiger partial charge in [0.2, 0.25) is 10.0 Å². The number of nitrogens with zero attached hydrogens (tertiary/aromatic N) is 1. The van der Waals surface area contributed by atoms with E-state index in [1.807, 2.05) is 24.7 Å². The highest BCUT2D eigenvalue weighted by Crippen LogP contribution is 2.14. The van der Waals surface area contributed by atoms with Crippen LogP contribution in [0.3, 0.4) is 0 Å². The monoisotopic (exact) mass is 305 g/mol. The summed E-state index contributed by atoms with van der Waals surface area (Å²) < 4.78 is 28.8. The highest BCUT2D eigenvalue weighted by molar-refractivity contribution is 7.98. The van der Waals surface area contributed by atoms with Crippen molar-refractivity contribution in [3.8, 4) is 0 Å². The molecular weight excluding hydrogens is 282 g/mol. The van der Waals surface area contributed by atoms with Crippen molar-refractivity contribution < 1.29 is 8.42 Å². The van der Waals surface area contributed by atoms with Crippen molar-refractivity contribution in [2.24, 2.45) is 0 Å². The maximum Gasteiger partial charge on any atom is 0.242 e. The van der Waals surface area contributed by atoms with Crippen molar-refractivity contribution in [3.63, 3.8) is 0 Å². The van der Waals surface area contributed by atoms with Crippen LogP contribution >= 0.6 is 11.8 Å². The minimum atomic E-state index is -3.38. The average molecular weight is 305 g/mol. The van der Waals surface area contributed by atoms with Crippen LogP contribution in [0.25, 0.3) is 0 Å². The summed E-state index contributed by atoms with van der Waals surface area (Å²) >= 11 is 1.62. The lowest BCUT2D eigenvalue weighted by atomic mass is 10.4. The fourth-order valence-corrected chi connectivity index (χ4v) is 3.26. The molecule has 1 aromatic heterocycles.